The number of carboxylic acids is 2. The molecule has 0 saturated carbocycles. The van der Waals surface area contributed by atoms with Crippen molar-refractivity contribution >= 4 is 50.3 Å². The predicted molar refractivity (Wildman–Crippen MR) is 104 cm³/mol. The lowest BCUT2D eigenvalue weighted by Gasteiger charge is -2.25. The molecule has 0 aromatic carbocycles. The number of carbonyl (C=O) groups is 5. The van der Waals surface area contributed by atoms with Crippen molar-refractivity contribution in [1.29, 1.82) is 0 Å². The molecular weight excluding hydrogens is 473 g/mol. The maximum atomic E-state index is 12.5. The van der Waals surface area contributed by atoms with Crippen molar-refractivity contribution in [3.05, 3.63) is 0 Å². The second-order valence-electron chi connectivity index (χ2n) is 6.52. The van der Waals surface area contributed by atoms with Crippen LogP contribution >= 0.6 is 22.6 Å². The van der Waals surface area contributed by atoms with Crippen LogP contribution in [0.4, 0.5) is 4.79 Å². The Hall–Kier alpha value is -1.92. The third-order valence-electron chi connectivity index (χ3n) is 3.63. The van der Waals surface area contributed by atoms with Crippen LogP contribution in [0, 0.1) is 5.92 Å². The summed E-state index contributed by atoms with van der Waals surface area (Å²) in [6.07, 6.45) is 0.256. The van der Waals surface area contributed by atoms with Gasteiger partial charge in [-0.05, 0) is 18.8 Å². The molecule has 4 N–H and O–H groups in total. The Morgan fingerprint density at radius 1 is 0.963 bits per heavy atom. The van der Waals surface area contributed by atoms with Gasteiger partial charge in [-0.1, -0.05) is 13.8 Å². The summed E-state index contributed by atoms with van der Waals surface area (Å²) in [5.41, 5.74) is 0. The Morgan fingerprint density at radius 3 is 1.93 bits per heavy atom. The van der Waals surface area contributed by atoms with Crippen LogP contribution < -0.4 is 10.6 Å². The molecule has 0 bridgehead atoms. The fourth-order valence-electron chi connectivity index (χ4n) is 2.28. The maximum Gasteiger partial charge on any atom is 0.305 e. The monoisotopic (exact) mass is 499 g/mol. The van der Waals surface area contributed by atoms with E-state index in [2.05, 4.69) is 10.6 Å². The highest BCUT2D eigenvalue weighted by Gasteiger charge is 2.30. The van der Waals surface area contributed by atoms with Crippen LogP contribution in [0.3, 0.4) is 0 Å². The summed E-state index contributed by atoms with van der Waals surface area (Å²) in [6.45, 7) is 4.48. The molecule has 2 unspecified atom stereocenters. The van der Waals surface area contributed by atoms with Gasteiger partial charge in [-0.25, -0.2) is 0 Å². The average Bonchev–Trinajstić information content (AvgIpc) is 2.50. The van der Waals surface area contributed by atoms with E-state index < -0.39 is 52.6 Å². The van der Waals surface area contributed by atoms with Crippen molar-refractivity contribution in [2.75, 3.05) is 13.6 Å². The first-order chi connectivity index (χ1) is 12.4. The number of carbonyl (C=O) groups excluding carboxylic acids is 3. The molecule has 10 nitrogen and oxygen atoms in total. The zero-order valence-electron chi connectivity index (χ0n) is 15.5. The number of nitrogens with zero attached hydrogens (tertiary/aromatic N) is 1. The second kappa shape index (κ2) is 12.5. The summed E-state index contributed by atoms with van der Waals surface area (Å²) in [5.74, 6) is -3.69. The predicted octanol–water partition coefficient (Wildman–Crippen LogP) is 0.828. The number of hydrogen-bond acceptors (Lipinski definition) is 5. The smallest absolute Gasteiger partial charge is 0.305 e. The number of aliphatic carboxylic acids is 2. The van der Waals surface area contributed by atoms with E-state index in [0.29, 0.717) is 12.5 Å². The Balaban J connectivity index is 5.11. The normalized spacial score (nSPS) is 12.8. The Morgan fingerprint density at radius 2 is 1.48 bits per heavy atom. The van der Waals surface area contributed by atoms with E-state index in [4.69, 9.17) is 10.2 Å². The van der Waals surface area contributed by atoms with E-state index >= 15 is 0 Å². The maximum absolute atomic E-state index is 12.5. The van der Waals surface area contributed by atoms with Crippen LogP contribution in [0.25, 0.3) is 0 Å². The second-order valence-corrected chi connectivity index (χ2v) is 7.50. The van der Waals surface area contributed by atoms with Gasteiger partial charge in [-0.2, -0.15) is 0 Å². The van der Waals surface area contributed by atoms with Gasteiger partial charge in [0.15, 0.2) is 0 Å². The first-order valence-corrected chi connectivity index (χ1v) is 9.46. The van der Waals surface area contributed by atoms with E-state index in [0.717, 1.165) is 12.8 Å². The Kier molecular flexibility index (Phi) is 11.6. The number of likely N-dealkylation sites (N-methyl/N-ethyl adjacent to an activating group) is 1. The summed E-state index contributed by atoms with van der Waals surface area (Å²) < 4.78 is -0.652. The lowest BCUT2D eigenvalue weighted by molar-refractivity contribution is -0.144. The quantitative estimate of drug-likeness (QED) is 0.176. The summed E-state index contributed by atoms with van der Waals surface area (Å²) in [5, 5.41) is 22.3. The topological polar surface area (TPSA) is 153 Å². The van der Waals surface area contributed by atoms with Crippen LogP contribution in [0.1, 0.15) is 39.5 Å². The third-order valence-corrected chi connectivity index (χ3v) is 3.94. The van der Waals surface area contributed by atoms with Crippen molar-refractivity contribution in [1.82, 2.24) is 15.5 Å². The third kappa shape index (κ3) is 11.4. The molecule has 0 saturated heterocycles. The first-order valence-electron chi connectivity index (χ1n) is 8.39. The van der Waals surface area contributed by atoms with Crippen molar-refractivity contribution in [2.45, 2.75) is 51.6 Å². The van der Waals surface area contributed by atoms with Gasteiger partial charge < -0.3 is 25.7 Å². The standard InChI is InChI=1S/C16H26IN3O7/c1-9(2)5-4-6-20(3)15(26)11(8-13(23)24)18-14(25)10(7-12(21)22)19-16(17)27/h9-11H,4-8H2,1-3H3,(H,18,25)(H,19,27)(H,21,22)(H,23,24). The molecule has 154 valence electrons. The molecule has 3 amide bonds. The molecule has 2 atom stereocenters. The van der Waals surface area contributed by atoms with Crippen molar-refractivity contribution < 1.29 is 34.2 Å². The van der Waals surface area contributed by atoms with E-state index in [1.165, 1.54) is 34.5 Å². The molecular formula is C16H26IN3O7. The van der Waals surface area contributed by atoms with Crippen molar-refractivity contribution in [3.8, 4) is 0 Å². The summed E-state index contributed by atoms with van der Waals surface area (Å²) in [6, 6.07) is -2.77. The zero-order chi connectivity index (χ0) is 21.1. The number of rotatable bonds is 12. The Bertz CT molecular complexity index is 552. The minimum Gasteiger partial charge on any atom is -0.481 e. The lowest BCUT2D eigenvalue weighted by atomic mass is 10.1. The van der Waals surface area contributed by atoms with Crippen molar-refractivity contribution in [2.24, 2.45) is 5.92 Å². The molecule has 0 aliphatic heterocycles. The van der Waals surface area contributed by atoms with Gasteiger partial charge in [0, 0.05) is 36.2 Å². The van der Waals surface area contributed by atoms with Gasteiger partial charge in [0.2, 0.25) is 11.8 Å². The number of hydrogen-bond donors (Lipinski definition) is 4. The lowest BCUT2D eigenvalue weighted by Crippen LogP contribution is -2.54. The summed E-state index contributed by atoms with van der Waals surface area (Å²) >= 11 is 1.34. The van der Waals surface area contributed by atoms with Crippen LogP contribution in [0.15, 0.2) is 0 Å². The zero-order valence-corrected chi connectivity index (χ0v) is 17.7. The van der Waals surface area contributed by atoms with Crippen LogP contribution in [-0.2, 0) is 19.2 Å². The molecule has 0 aliphatic rings. The number of amides is 3. The van der Waals surface area contributed by atoms with Gasteiger partial charge in [0.25, 0.3) is 3.91 Å². The minimum absolute atomic E-state index is 0.395. The van der Waals surface area contributed by atoms with Crippen LogP contribution in [0.5, 0.6) is 0 Å². The molecule has 0 aromatic rings. The molecule has 0 spiro atoms. The highest BCUT2D eigenvalue weighted by Crippen LogP contribution is 2.07. The average molecular weight is 499 g/mol. The molecule has 0 heterocycles. The number of nitrogens with one attached hydrogen (secondary N) is 2. The molecule has 27 heavy (non-hydrogen) atoms. The van der Waals surface area contributed by atoms with Crippen molar-refractivity contribution in [3.63, 3.8) is 0 Å². The van der Waals surface area contributed by atoms with Crippen LogP contribution in [0.2, 0.25) is 0 Å². The number of halogens is 1. The minimum atomic E-state index is -1.41. The molecule has 0 radical (unpaired) electrons. The van der Waals surface area contributed by atoms with Gasteiger partial charge in [-0.15, -0.1) is 0 Å². The summed E-state index contributed by atoms with van der Waals surface area (Å²) in [4.78, 5) is 59.2. The Labute approximate surface area is 171 Å². The first kappa shape index (κ1) is 25.1. The molecule has 11 heteroatoms. The highest BCUT2D eigenvalue weighted by atomic mass is 127. The van der Waals surface area contributed by atoms with E-state index in [9.17, 15) is 24.0 Å². The molecule has 0 aliphatic carbocycles. The van der Waals surface area contributed by atoms with E-state index in [1.54, 1.807) is 0 Å². The van der Waals surface area contributed by atoms with Gasteiger partial charge in [0.1, 0.15) is 12.1 Å². The highest BCUT2D eigenvalue weighted by molar-refractivity contribution is 14.1. The van der Waals surface area contributed by atoms with Gasteiger partial charge >= 0.3 is 11.9 Å². The fourth-order valence-corrected chi connectivity index (χ4v) is 2.66. The fraction of sp³-hybridized carbons (Fsp3) is 0.688. The van der Waals surface area contributed by atoms with Gasteiger partial charge in [0.05, 0.1) is 12.8 Å². The molecule has 0 fully saturated rings. The molecule has 0 rings (SSSR count). The van der Waals surface area contributed by atoms with E-state index in [-0.39, 0.29) is 0 Å². The largest absolute Gasteiger partial charge is 0.481 e. The van der Waals surface area contributed by atoms with E-state index in [1.807, 2.05) is 13.8 Å². The SMILES string of the molecule is CC(C)CCCN(C)C(=O)C(CC(=O)O)NC(=O)C(CC(=O)O)NC(=O)I. The van der Waals surface area contributed by atoms with Crippen LogP contribution in [-0.4, -0.2) is 68.5 Å². The summed E-state index contributed by atoms with van der Waals surface area (Å²) in [7, 11) is 1.50. The number of carboxylic acid groups (broad SMARTS) is 2. The van der Waals surface area contributed by atoms with Gasteiger partial charge in [-0.3, -0.25) is 24.0 Å². The molecule has 0 aromatic heterocycles.